The van der Waals surface area contributed by atoms with E-state index in [1.165, 1.54) is 54.9 Å². The zero-order valence-electron chi connectivity index (χ0n) is 31.5. The topological polar surface area (TPSA) is 38.7 Å². The molecule has 11 aromatic rings. The van der Waals surface area contributed by atoms with E-state index in [2.05, 4.69) is 194 Å². The van der Waals surface area contributed by atoms with Crippen LogP contribution < -0.4 is 0 Å². The highest BCUT2D eigenvalue weighted by Gasteiger charge is 2.21. The molecule has 1 aromatic heterocycles. The molecule has 0 fully saturated rings. The summed E-state index contributed by atoms with van der Waals surface area (Å²) in [7, 11) is 0. The van der Waals surface area contributed by atoms with Crippen LogP contribution in [-0.2, 0) is 0 Å². The van der Waals surface area contributed by atoms with E-state index in [0.717, 1.165) is 38.2 Å². The van der Waals surface area contributed by atoms with Crippen molar-refractivity contribution in [3.05, 3.63) is 212 Å². The minimum absolute atomic E-state index is 0.636. The Morgan fingerprint density at radius 3 is 0.983 bits per heavy atom. The lowest BCUT2D eigenvalue weighted by molar-refractivity contribution is 1.08. The van der Waals surface area contributed by atoms with E-state index in [9.17, 15) is 0 Å². The summed E-state index contributed by atoms with van der Waals surface area (Å²) in [5, 5.41) is 9.38. The van der Waals surface area contributed by atoms with E-state index < -0.39 is 0 Å². The van der Waals surface area contributed by atoms with Crippen LogP contribution in [0.4, 0.5) is 0 Å². The third-order valence-corrected chi connectivity index (χ3v) is 11.3. The third kappa shape index (κ3) is 5.64. The second-order valence-electron chi connectivity index (χ2n) is 14.7. The molecule has 0 amide bonds. The zero-order valence-corrected chi connectivity index (χ0v) is 31.5. The summed E-state index contributed by atoms with van der Waals surface area (Å²) < 4.78 is 0. The molecule has 0 bridgehead atoms. The van der Waals surface area contributed by atoms with E-state index in [-0.39, 0.29) is 0 Å². The highest BCUT2D eigenvalue weighted by Crippen LogP contribution is 2.46. The second kappa shape index (κ2) is 14.1. The van der Waals surface area contributed by atoms with Crippen LogP contribution in [0.25, 0.3) is 111 Å². The van der Waals surface area contributed by atoms with Gasteiger partial charge in [-0.1, -0.05) is 200 Å². The van der Waals surface area contributed by atoms with Crippen molar-refractivity contribution < 1.29 is 0 Å². The first-order valence-electron chi connectivity index (χ1n) is 19.7. The highest BCUT2D eigenvalue weighted by molar-refractivity contribution is 6.24. The van der Waals surface area contributed by atoms with Crippen molar-refractivity contribution >= 4 is 43.1 Å². The minimum atomic E-state index is 0.636. The number of aromatic nitrogens is 3. The van der Waals surface area contributed by atoms with Crippen LogP contribution in [0.15, 0.2) is 212 Å². The van der Waals surface area contributed by atoms with E-state index >= 15 is 0 Å². The zero-order chi connectivity index (χ0) is 38.4. The normalized spacial score (nSPS) is 11.4. The fraction of sp³-hybridized carbons (Fsp3) is 0. The molecular formula is C55H35N3. The van der Waals surface area contributed by atoms with Crippen molar-refractivity contribution in [3.8, 4) is 67.5 Å². The lowest BCUT2D eigenvalue weighted by Gasteiger charge is -2.19. The third-order valence-electron chi connectivity index (χ3n) is 11.3. The number of nitrogens with zero attached hydrogens (tertiary/aromatic N) is 3. The van der Waals surface area contributed by atoms with Gasteiger partial charge in [-0.3, -0.25) is 0 Å². The molecule has 3 heteroatoms. The first-order valence-corrected chi connectivity index (χ1v) is 19.7. The van der Waals surface area contributed by atoms with Crippen LogP contribution in [-0.4, -0.2) is 15.0 Å². The van der Waals surface area contributed by atoms with Crippen molar-refractivity contribution in [2.45, 2.75) is 0 Å². The Labute approximate surface area is 336 Å². The molecule has 0 spiro atoms. The molecule has 0 aliphatic carbocycles. The molecule has 1 heterocycles. The van der Waals surface area contributed by atoms with Crippen LogP contribution in [0, 0.1) is 0 Å². The lowest BCUT2D eigenvalue weighted by atomic mass is 9.84. The lowest BCUT2D eigenvalue weighted by Crippen LogP contribution is -2.01. The SMILES string of the molecule is c1ccc(-c2nc(-c3ccc(-c4ccccc4)c4ccccc34)nc(-c3ccc(-c4c5ccccc5c(-c5ccccc5)c5ccccc45)c4ccccc34)n2)cc1. The summed E-state index contributed by atoms with van der Waals surface area (Å²) in [5.41, 5.74) is 10.1. The summed E-state index contributed by atoms with van der Waals surface area (Å²) >= 11 is 0. The molecule has 0 aliphatic heterocycles. The number of hydrogen-bond acceptors (Lipinski definition) is 3. The van der Waals surface area contributed by atoms with Gasteiger partial charge in [0.15, 0.2) is 17.5 Å². The monoisotopic (exact) mass is 737 g/mol. The molecule has 0 unspecified atom stereocenters. The molecular weight excluding hydrogens is 703 g/mol. The van der Waals surface area contributed by atoms with Crippen molar-refractivity contribution in [2.75, 3.05) is 0 Å². The quantitative estimate of drug-likeness (QED) is 0.160. The Morgan fingerprint density at radius 1 is 0.190 bits per heavy atom. The van der Waals surface area contributed by atoms with Crippen molar-refractivity contribution in [2.24, 2.45) is 0 Å². The maximum Gasteiger partial charge on any atom is 0.164 e. The maximum atomic E-state index is 5.33. The van der Waals surface area contributed by atoms with Crippen molar-refractivity contribution in [1.29, 1.82) is 0 Å². The summed E-state index contributed by atoms with van der Waals surface area (Å²) in [6.45, 7) is 0. The van der Waals surface area contributed by atoms with Crippen LogP contribution >= 0.6 is 0 Å². The van der Waals surface area contributed by atoms with Gasteiger partial charge in [-0.2, -0.15) is 0 Å². The summed E-state index contributed by atoms with van der Waals surface area (Å²) in [6, 6.07) is 75.2. The molecule has 0 saturated heterocycles. The highest BCUT2D eigenvalue weighted by atomic mass is 15.0. The number of fused-ring (bicyclic) bond motifs is 4. The fourth-order valence-corrected chi connectivity index (χ4v) is 8.74. The van der Waals surface area contributed by atoms with Crippen LogP contribution in [0.3, 0.4) is 0 Å². The Morgan fingerprint density at radius 2 is 0.500 bits per heavy atom. The van der Waals surface area contributed by atoms with Gasteiger partial charge < -0.3 is 0 Å². The van der Waals surface area contributed by atoms with E-state index in [0.29, 0.717) is 17.5 Å². The molecule has 3 nitrogen and oxygen atoms in total. The van der Waals surface area contributed by atoms with Gasteiger partial charge in [0.05, 0.1) is 0 Å². The molecule has 0 saturated carbocycles. The standard InChI is InChI=1S/C55H35N3/c1-4-18-36(19-5-1)39-32-34-49(42-26-12-10-24-40(39)42)54-56-53(38-22-8-3-9-23-38)57-55(58-54)50-35-33-48(41-25-11-13-27-43(41)50)52-46-30-16-14-28-44(46)51(37-20-6-2-7-21-37)45-29-15-17-31-47(45)52/h1-35H. The summed E-state index contributed by atoms with van der Waals surface area (Å²) in [5.74, 6) is 1.91. The van der Waals surface area contributed by atoms with Gasteiger partial charge in [0, 0.05) is 16.7 Å². The van der Waals surface area contributed by atoms with Crippen LogP contribution in [0.2, 0.25) is 0 Å². The average molecular weight is 738 g/mol. The summed E-state index contributed by atoms with van der Waals surface area (Å²) in [4.78, 5) is 15.7. The molecule has 11 rings (SSSR count). The largest absolute Gasteiger partial charge is 0.208 e. The van der Waals surface area contributed by atoms with Gasteiger partial charge in [0.1, 0.15) is 0 Å². The predicted octanol–water partition coefficient (Wildman–Crippen LogP) is 14.5. The summed E-state index contributed by atoms with van der Waals surface area (Å²) in [6.07, 6.45) is 0. The van der Waals surface area contributed by atoms with E-state index in [1.807, 2.05) is 18.2 Å². The van der Waals surface area contributed by atoms with E-state index in [4.69, 9.17) is 15.0 Å². The van der Waals surface area contributed by atoms with Gasteiger partial charge >= 0.3 is 0 Å². The Balaban J connectivity index is 1.15. The number of benzene rings is 10. The first kappa shape index (κ1) is 33.6. The Hall–Kier alpha value is -7.75. The Kier molecular flexibility index (Phi) is 8.15. The molecule has 0 atom stereocenters. The van der Waals surface area contributed by atoms with Gasteiger partial charge in [-0.05, 0) is 88.6 Å². The van der Waals surface area contributed by atoms with Gasteiger partial charge in [-0.25, -0.2) is 15.0 Å². The van der Waals surface area contributed by atoms with Gasteiger partial charge in [0.2, 0.25) is 0 Å². The first-order chi connectivity index (χ1) is 28.8. The Bertz CT molecular complexity index is 3260. The number of rotatable bonds is 6. The van der Waals surface area contributed by atoms with E-state index in [1.54, 1.807) is 0 Å². The molecule has 0 N–H and O–H groups in total. The van der Waals surface area contributed by atoms with Crippen molar-refractivity contribution in [3.63, 3.8) is 0 Å². The smallest absolute Gasteiger partial charge is 0.164 e. The van der Waals surface area contributed by atoms with Crippen molar-refractivity contribution in [1.82, 2.24) is 15.0 Å². The van der Waals surface area contributed by atoms with Gasteiger partial charge in [-0.15, -0.1) is 0 Å². The fourth-order valence-electron chi connectivity index (χ4n) is 8.74. The average Bonchev–Trinajstić information content (AvgIpc) is 3.31. The maximum absolute atomic E-state index is 5.33. The predicted molar refractivity (Wildman–Crippen MR) is 242 cm³/mol. The molecule has 58 heavy (non-hydrogen) atoms. The molecule has 0 aliphatic rings. The van der Waals surface area contributed by atoms with Crippen LogP contribution in [0.1, 0.15) is 0 Å². The number of hydrogen-bond donors (Lipinski definition) is 0. The molecule has 0 radical (unpaired) electrons. The second-order valence-corrected chi connectivity index (χ2v) is 14.7. The molecule has 270 valence electrons. The molecule has 10 aromatic carbocycles. The van der Waals surface area contributed by atoms with Gasteiger partial charge in [0.25, 0.3) is 0 Å². The van der Waals surface area contributed by atoms with Crippen LogP contribution in [0.5, 0.6) is 0 Å². The minimum Gasteiger partial charge on any atom is -0.208 e.